The van der Waals surface area contributed by atoms with Crippen LogP contribution in [0.4, 0.5) is 11.6 Å². The molecule has 0 aliphatic carbocycles. The Bertz CT molecular complexity index is 852. The molecule has 1 saturated heterocycles. The van der Waals surface area contributed by atoms with Crippen LogP contribution in [0.5, 0.6) is 0 Å². The highest BCUT2D eigenvalue weighted by Gasteiger charge is 2.24. The zero-order valence-corrected chi connectivity index (χ0v) is 16.2. The van der Waals surface area contributed by atoms with Crippen molar-refractivity contribution in [1.82, 2.24) is 19.8 Å². The Labute approximate surface area is 159 Å². The lowest BCUT2D eigenvalue weighted by Crippen LogP contribution is -2.50. The second kappa shape index (κ2) is 7.73. The number of nitrogens with zero attached hydrogens (tertiary/aromatic N) is 4. The van der Waals surface area contributed by atoms with Gasteiger partial charge in [-0.25, -0.2) is 9.97 Å². The summed E-state index contributed by atoms with van der Waals surface area (Å²) in [5.74, 6) is 0.317. The molecule has 0 saturated carbocycles. The number of carbonyl (C=O) groups excluding carboxylic acids is 2. The lowest BCUT2D eigenvalue weighted by atomic mass is 10.1. The molecule has 7 heteroatoms. The maximum atomic E-state index is 12.8. The van der Waals surface area contributed by atoms with Crippen molar-refractivity contribution in [2.75, 3.05) is 31.5 Å². The van der Waals surface area contributed by atoms with Crippen LogP contribution in [-0.4, -0.2) is 57.8 Å². The normalized spacial score (nSPS) is 14.2. The number of piperazine rings is 1. The molecule has 0 bridgehead atoms. The van der Waals surface area contributed by atoms with E-state index in [0.29, 0.717) is 37.8 Å². The summed E-state index contributed by atoms with van der Waals surface area (Å²) in [7, 11) is 0. The number of nitrogens with one attached hydrogen (secondary N) is 1. The highest BCUT2D eigenvalue weighted by atomic mass is 16.2. The second-order valence-corrected chi connectivity index (χ2v) is 7.02. The third-order valence-corrected chi connectivity index (χ3v) is 4.56. The monoisotopic (exact) mass is 367 g/mol. The highest BCUT2D eigenvalue weighted by Crippen LogP contribution is 2.18. The molecule has 3 rings (SSSR count). The van der Waals surface area contributed by atoms with Crippen LogP contribution in [0.15, 0.2) is 24.3 Å². The van der Waals surface area contributed by atoms with Crippen molar-refractivity contribution in [3.63, 3.8) is 0 Å². The summed E-state index contributed by atoms with van der Waals surface area (Å²) in [6, 6.07) is 7.83. The van der Waals surface area contributed by atoms with Crippen LogP contribution in [0.2, 0.25) is 0 Å². The Hall–Kier alpha value is -2.96. The van der Waals surface area contributed by atoms with E-state index in [9.17, 15) is 9.59 Å². The van der Waals surface area contributed by atoms with Gasteiger partial charge in [0.1, 0.15) is 5.69 Å². The summed E-state index contributed by atoms with van der Waals surface area (Å²) >= 11 is 0. The van der Waals surface area contributed by atoms with E-state index in [0.717, 1.165) is 22.5 Å². The summed E-state index contributed by atoms with van der Waals surface area (Å²) in [6.45, 7) is 9.60. The number of amides is 2. The van der Waals surface area contributed by atoms with Gasteiger partial charge in [0, 0.05) is 44.5 Å². The van der Waals surface area contributed by atoms with Crippen LogP contribution in [0.1, 0.15) is 34.2 Å². The van der Waals surface area contributed by atoms with E-state index in [2.05, 4.69) is 21.4 Å². The Morgan fingerprint density at radius 2 is 1.48 bits per heavy atom. The van der Waals surface area contributed by atoms with Gasteiger partial charge in [-0.2, -0.15) is 0 Å². The molecule has 1 aliphatic rings. The largest absolute Gasteiger partial charge is 0.339 e. The van der Waals surface area contributed by atoms with Crippen LogP contribution in [0.25, 0.3) is 0 Å². The van der Waals surface area contributed by atoms with Gasteiger partial charge >= 0.3 is 0 Å². The first-order valence-electron chi connectivity index (χ1n) is 9.07. The minimum Gasteiger partial charge on any atom is -0.339 e. The van der Waals surface area contributed by atoms with Crippen LogP contribution >= 0.6 is 0 Å². The highest BCUT2D eigenvalue weighted by molar-refractivity contribution is 5.93. The van der Waals surface area contributed by atoms with Crippen molar-refractivity contribution in [3.05, 3.63) is 46.8 Å². The van der Waals surface area contributed by atoms with E-state index in [4.69, 9.17) is 0 Å². The predicted molar refractivity (Wildman–Crippen MR) is 104 cm³/mol. The summed E-state index contributed by atoms with van der Waals surface area (Å²) in [5.41, 5.74) is 4.27. The first kappa shape index (κ1) is 18.8. The fraction of sp³-hybridized carbons (Fsp3) is 0.400. The quantitative estimate of drug-likeness (QED) is 0.902. The predicted octanol–water partition coefficient (Wildman–Crippen LogP) is 2.45. The molecule has 142 valence electrons. The standard InChI is InChI=1S/C20H25N5O2/c1-13-9-14(2)11-17(10-13)22-20-21-15(3)12-18(23-20)19(27)25-7-5-24(6-8-25)16(4)26/h9-12H,5-8H2,1-4H3,(H,21,22,23). The molecule has 0 spiro atoms. The van der Waals surface area contributed by atoms with Crippen molar-refractivity contribution in [1.29, 1.82) is 0 Å². The van der Waals surface area contributed by atoms with Gasteiger partial charge in [0.05, 0.1) is 0 Å². The number of benzene rings is 1. The molecule has 2 amide bonds. The average molecular weight is 367 g/mol. The van der Waals surface area contributed by atoms with Gasteiger partial charge in [-0.15, -0.1) is 0 Å². The van der Waals surface area contributed by atoms with Crippen LogP contribution in [-0.2, 0) is 4.79 Å². The van der Waals surface area contributed by atoms with Gasteiger partial charge in [0.15, 0.2) is 0 Å². The van der Waals surface area contributed by atoms with Gasteiger partial charge in [0.2, 0.25) is 11.9 Å². The van der Waals surface area contributed by atoms with Gasteiger partial charge in [-0.3, -0.25) is 9.59 Å². The van der Waals surface area contributed by atoms with Gasteiger partial charge in [0.25, 0.3) is 5.91 Å². The first-order valence-corrected chi connectivity index (χ1v) is 9.07. The zero-order chi connectivity index (χ0) is 19.6. The van der Waals surface area contributed by atoms with Gasteiger partial charge in [-0.1, -0.05) is 6.07 Å². The van der Waals surface area contributed by atoms with E-state index < -0.39 is 0 Å². The molecule has 0 radical (unpaired) electrons. The Kier molecular flexibility index (Phi) is 5.39. The molecule has 1 aromatic heterocycles. The number of aryl methyl sites for hydroxylation is 3. The van der Waals surface area contributed by atoms with Crippen molar-refractivity contribution in [2.45, 2.75) is 27.7 Å². The second-order valence-electron chi connectivity index (χ2n) is 7.02. The molecule has 1 aromatic carbocycles. The molecule has 2 aromatic rings. The Balaban J connectivity index is 1.77. The number of anilines is 2. The van der Waals surface area contributed by atoms with E-state index in [-0.39, 0.29) is 11.8 Å². The lowest BCUT2D eigenvalue weighted by Gasteiger charge is -2.34. The summed E-state index contributed by atoms with van der Waals surface area (Å²) in [6.07, 6.45) is 0. The minimum absolute atomic E-state index is 0.0416. The maximum absolute atomic E-state index is 12.8. The first-order chi connectivity index (χ1) is 12.8. The average Bonchev–Trinajstić information content (AvgIpc) is 2.59. The van der Waals surface area contributed by atoms with E-state index in [1.165, 1.54) is 0 Å². The molecule has 1 aliphatic heterocycles. The zero-order valence-electron chi connectivity index (χ0n) is 16.2. The molecule has 27 heavy (non-hydrogen) atoms. The molecule has 1 N–H and O–H groups in total. The van der Waals surface area contributed by atoms with Crippen molar-refractivity contribution < 1.29 is 9.59 Å². The van der Waals surface area contributed by atoms with E-state index in [1.54, 1.807) is 22.8 Å². The molecule has 7 nitrogen and oxygen atoms in total. The molecular formula is C20H25N5O2. The van der Waals surface area contributed by atoms with Gasteiger partial charge < -0.3 is 15.1 Å². The molecule has 0 atom stereocenters. The van der Waals surface area contributed by atoms with Crippen molar-refractivity contribution >= 4 is 23.5 Å². The lowest BCUT2D eigenvalue weighted by molar-refractivity contribution is -0.130. The topological polar surface area (TPSA) is 78.4 Å². The van der Waals surface area contributed by atoms with Crippen LogP contribution in [0.3, 0.4) is 0 Å². The van der Waals surface area contributed by atoms with Crippen molar-refractivity contribution in [3.8, 4) is 0 Å². The number of aromatic nitrogens is 2. The summed E-state index contributed by atoms with van der Waals surface area (Å²) < 4.78 is 0. The minimum atomic E-state index is -0.132. The molecule has 2 heterocycles. The van der Waals surface area contributed by atoms with Gasteiger partial charge in [-0.05, 0) is 50.1 Å². The fourth-order valence-corrected chi connectivity index (χ4v) is 3.30. The third kappa shape index (κ3) is 4.61. The van der Waals surface area contributed by atoms with Crippen LogP contribution in [0, 0.1) is 20.8 Å². The number of rotatable bonds is 3. The Morgan fingerprint density at radius 3 is 2.07 bits per heavy atom. The molecule has 1 fully saturated rings. The number of hydrogen-bond acceptors (Lipinski definition) is 5. The smallest absolute Gasteiger partial charge is 0.272 e. The Morgan fingerprint density at radius 1 is 0.889 bits per heavy atom. The van der Waals surface area contributed by atoms with E-state index in [1.807, 2.05) is 32.9 Å². The van der Waals surface area contributed by atoms with Crippen molar-refractivity contribution in [2.24, 2.45) is 0 Å². The summed E-state index contributed by atoms with van der Waals surface area (Å²) in [4.78, 5) is 36.6. The summed E-state index contributed by atoms with van der Waals surface area (Å²) in [5, 5.41) is 3.20. The molecule has 0 unspecified atom stereocenters. The fourth-order valence-electron chi connectivity index (χ4n) is 3.30. The van der Waals surface area contributed by atoms with Crippen LogP contribution < -0.4 is 5.32 Å². The third-order valence-electron chi connectivity index (χ3n) is 4.56. The van der Waals surface area contributed by atoms with E-state index >= 15 is 0 Å². The number of hydrogen-bond donors (Lipinski definition) is 1. The maximum Gasteiger partial charge on any atom is 0.272 e. The number of carbonyl (C=O) groups is 2. The molecular weight excluding hydrogens is 342 g/mol. The SMILES string of the molecule is CC(=O)N1CCN(C(=O)c2cc(C)nc(Nc3cc(C)cc(C)c3)n2)CC1.